The van der Waals surface area contributed by atoms with Crippen LogP contribution in [0.4, 0.5) is 4.79 Å². The summed E-state index contributed by atoms with van der Waals surface area (Å²) in [4.78, 5) is 35.8. The third kappa shape index (κ3) is 5.70. The number of ether oxygens (including phenoxy) is 1. The number of hydrogen-bond donors (Lipinski definition) is 4. The van der Waals surface area contributed by atoms with Gasteiger partial charge in [-0.05, 0) is 34.6 Å². The molecule has 0 spiro atoms. The summed E-state index contributed by atoms with van der Waals surface area (Å²) in [5.41, 5.74) is 4.47. The molecule has 8 heteroatoms. The Hall–Kier alpha value is -3.39. The van der Waals surface area contributed by atoms with Crippen LogP contribution in [0, 0.1) is 5.92 Å². The van der Waals surface area contributed by atoms with Gasteiger partial charge in [-0.1, -0.05) is 61.4 Å². The number of nitrogens with one attached hydrogen (secondary N) is 2. The topological polar surface area (TPSA) is 125 Å². The highest BCUT2D eigenvalue weighted by Crippen LogP contribution is 2.44. The molecule has 0 bridgehead atoms. The number of hydrogen-bond acceptors (Lipinski definition) is 5. The summed E-state index contributed by atoms with van der Waals surface area (Å²) < 4.78 is 5.54. The highest BCUT2D eigenvalue weighted by molar-refractivity contribution is 5.86. The quantitative estimate of drug-likeness (QED) is 0.439. The van der Waals surface area contributed by atoms with Gasteiger partial charge in [-0.2, -0.15) is 0 Å². The number of aliphatic hydroxyl groups excluding tert-OH is 1. The number of aliphatic carboxylic acids is 1. The van der Waals surface area contributed by atoms with E-state index in [2.05, 4.69) is 22.8 Å². The van der Waals surface area contributed by atoms with Gasteiger partial charge in [0.1, 0.15) is 12.6 Å². The molecule has 1 saturated carbocycles. The molecular weight excluding hydrogens is 424 g/mol. The summed E-state index contributed by atoms with van der Waals surface area (Å²) in [7, 11) is 0. The van der Waals surface area contributed by atoms with Crippen LogP contribution < -0.4 is 10.6 Å². The van der Waals surface area contributed by atoms with Gasteiger partial charge < -0.3 is 25.6 Å². The Morgan fingerprint density at radius 3 is 2.18 bits per heavy atom. The molecular formula is C25H28N2O6. The SMILES string of the molecule is O=C(O)CC(O)CNC(=O)[C@H](CC1CC1)NC(=O)OCC1c2ccccc2-c2ccccc21. The monoisotopic (exact) mass is 452 g/mol. The molecule has 1 unspecified atom stereocenters. The van der Waals surface area contributed by atoms with Crippen molar-refractivity contribution in [3.8, 4) is 11.1 Å². The summed E-state index contributed by atoms with van der Waals surface area (Å²) in [6.45, 7) is -0.0480. The van der Waals surface area contributed by atoms with Crippen molar-refractivity contribution < 1.29 is 29.3 Å². The fourth-order valence-corrected chi connectivity index (χ4v) is 4.32. The van der Waals surface area contributed by atoms with Gasteiger partial charge in [0.25, 0.3) is 0 Å². The molecule has 4 rings (SSSR count). The molecule has 2 aliphatic rings. The van der Waals surface area contributed by atoms with Crippen molar-refractivity contribution in [3.05, 3.63) is 59.7 Å². The van der Waals surface area contributed by atoms with Crippen LogP contribution in [-0.2, 0) is 14.3 Å². The van der Waals surface area contributed by atoms with Crippen LogP contribution in [0.3, 0.4) is 0 Å². The van der Waals surface area contributed by atoms with Gasteiger partial charge in [0, 0.05) is 12.5 Å². The highest BCUT2D eigenvalue weighted by atomic mass is 16.5. The van der Waals surface area contributed by atoms with E-state index in [-0.39, 0.29) is 19.1 Å². The van der Waals surface area contributed by atoms with E-state index in [0.29, 0.717) is 12.3 Å². The standard InChI is InChI=1S/C25H28N2O6/c28-16(12-23(29)30)13-26-24(31)22(11-15-9-10-15)27-25(32)33-14-21-19-7-3-1-5-17(19)18-6-2-4-8-20(18)21/h1-8,15-16,21-22,28H,9-14H2,(H,26,31)(H,27,32)(H,29,30)/t16?,22-/m0/s1. The van der Waals surface area contributed by atoms with Gasteiger partial charge in [0.05, 0.1) is 12.5 Å². The van der Waals surface area contributed by atoms with E-state index in [1.807, 2.05) is 36.4 Å². The molecule has 2 aliphatic carbocycles. The van der Waals surface area contributed by atoms with Crippen LogP contribution in [-0.4, -0.2) is 53.5 Å². The lowest BCUT2D eigenvalue weighted by Crippen LogP contribution is -2.49. The molecule has 8 nitrogen and oxygen atoms in total. The first-order valence-electron chi connectivity index (χ1n) is 11.2. The molecule has 4 N–H and O–H groups in total. The van der Waals surface area contributed by atoms with Crippen molar-refractivity contribution in [2.24, 2.45) is 5.92 Å². The van der Waals surface area contributed by atoms with Crippen LogP contribution in [0.25, 0.3) is 11.1 Å². The Kier molecular flexibility index (Phi) is 6.93. The fourth-order valence-electron chi connectivity index (χ4n) is 4.32. The first-order chi connectivity index (χ1) is 15.9. The largest absolute Gasteiger partial charge is 0.481 e. The zero-order valence-electron chi connectivity index (χ0n) is 18.2. The summed E-state index contributed by atoms with van der Waals surface area (Å²) in [5.74, 6) is -1.33. The number of carbonyl (C=O) groups is 3. The number of carboxylic acids is 1. The number of carbonyl (C=O) groups excluding carboxylic acids is 2. The molecule has 2 atom stereocenters. The smallest absolute Gasteiger partial charge is 0.407 e. The second-order valence-corrected chi connectivity index (χ2v) is 8.70. The van der Waals surface area contributed by atoms with E-state index in [0.717, 1.165) is 35.1 Å². The molecule has 33 heavy (non-hydrogen) atoms. The normalized spacial score (nSPS) is 16.3. The van der Waals surface area contributed by atoms with Gasteiger partial charge in [-0.3, -0.25) is 9.59 Å². The minimum Gasteiger partial charge on any atom is -0.481 e. The lowest BCUT2D eigenvalue weighted by atomic mass is 9.98. The van der Waals surface area contributed by atoms with Crippen molar-refractivity contribution in [3.63, 3.8) is 0 Å². The number of amides is 2. The number of fused-ring (bicyclic) bond motifs is 3. The predicted molar refractivity (Wildman–Crippen MR) is 121 cm³/mol. The first-order valence-corrected chi connectivity index (χ1v) is 11.2. The predicted octanol–water partition coefficient (Wildman–Crippen LogP) is 2.65. The van der Waals surface area contributed by atoms with Crippen molar-refractivity contribution in [1.82, 2.24) is 10.6 Å². The third-order valence-corrected chi connectivity index (χ3v) is 6.14. The molecule has 174 valence electrons. The molecule has 0 heterocycles. The minimum atomic E-state index is -1.19. The maximum atomic E-state index is 12.6. The Balaban J connectivity index is 1.35. The average Bonchev–Trinajstić information content (AvgIpc) is 3.56. The lowest BCUT2D eigenvalue weighted by molar-refractivity contribution is -0.139. The maximum absolute atomic E-state index is 12.6. The molecule has 2 aromatic rings. The van der Waals surface area contributed by atoms with Crippen molar-refractivity contribution in [2.45, 2.75) is 43.7 Å². The first kappa shape index (κ1) is 22.8. The zero-order valence-corrected chi connectivity index (χ0v) is 18.2. The van der Waals surface area contributed by atoms with E-state index < -0.39 is 36.5 Å². The van der Waals surface area contributed by atoms with E-state index in [1.54, 1.807) is 0 Å². The number of rotatable bonds is 10. The van der Waals surface area contributed by atoms with Gasteiger partial charge in [-0.15, -0.1) is 0 Å². The Morgan fingerprint density at radius 1 is 1.00 bits per heavy atom. The number of benzene rings is 2. The molecule has 0 saturated heterocycles. The molecule has 0 aromatic heterocycles. The minimum absolute atomic E-state index is 0.0787. The zero-order chi connectivity index (χ0) is 23.4. The number of alkyl carbamates (subject to hydrolysis) is 1. The van der Waals surface area contributed by atoms with Gasteiger partial charge in [-0.25, -0.2) is 4.79 Å². The van der Waals surface area contributed by atoms with Crippen LogP contribution >= 0.6 is 0 Å². The van der Waals surface area contributed by atoms with Crippen molar-refractivity contribution in [2.75, 3.05) is 13.2 Å². The van der Waals surface area contributed by atoms with E-state index >= 15 is 0 Å². The summed E-state index contributed by atoms with van der Waals surface area (Å²) >= 11 is 0. The lowest BCUT2D eigenvalue weighted by Gasteiger charge is -2.20. The van der Waals surface area contributed by atoms with E-state index in [1.165, 1.54) is 0 Å². The third-order valence-electron chi connectivity index (χ3n) is 6.14. The second kappa shape index (κ2) is 10.0. The summed E-state index contributed by atoms with van der Waals surface area (Å²) in [6.07, 6.45) is 0.139. The Labute approximate surface area is 192 Å². The van der Waals surface area contributed by atoms with Crippen LogP contribution in [0.5, 0.6) is 0 Å². The van der Waals surface area contributed by atoms with Crippen LogP contribution in [0.1, 0.15) is 42.7 Å². The molecule has 1 fully saturated rings. The fraction of sp³-hybridized carbons (Fsp3) is 0.400. The van der Waals surface area contributed by atoms with Crippen LogP contribution in [0.2, 0.25) is 0 Å². The second-order valence-electron chi connectivity index (χ2n) is 8.70. The van der Waals surface area contributed by atoms with Gasteiger partial charge in [0.15, 0.2) is 0 Å². The molecule has 2 aromatic carbocycles. The summed E-state index contributed by atoms with van der Waals surface area (Å²) in [5, 5.41) is 23.6. The van der Waals surface area contributed by atoms with Crippen molar-refractivity contribution in [1.29, 1.82) is 0 Å². The number of carboxylic acid groups (broad SMARTS) is 1. The van der Waals surface area contributed by atoms with Gasteiger partial charge in [0.2, 0.25) is 5.91 Å². The molecule has 0 aliphatic heterocycles. The molecule has 0 radical (unpaired) electrons. The van der Waals surface area contributed by atoms with E-state index in [9.17, 15) is 19.5 Å². The summed E-state index contributed by atoms with van der Waals surface area (Å²) in [6, 6.07) is 15.3. The maximum Gasteiger partial charge on any atom is 0.407 e. The average molecular weight is 453 g/mol. The van der Waals surface area contributed by atoms with E-state index in [4.69, 9.17) is 9.84 Å². The van der Waals surface area contributed by atoms with Crippen molar-refractivity contribution >= 4 is 18.0 Å². The molecule has 2 amide bonds. The van der Waals surface area contributed by atoms with Crippen LogP contribution in [0.15, 0.2) is 48.5 Å². The highest BCUT2D eigenvalue weighted by Gasteiger charge is 2.32. The Morgan fingerprint density at radius 2 is 1.61 bits per heavy atom. The number of aliphatic hydroxyl groups is 1. The Bertz CT molecular complexity index is 990. The van der Waals surface area contributed by atoms with Gasteiger partial charge >= 0.3 is 12.1 Å².